The van der Waals surface area contributed by atoms with Gasteiger partial charge in [0.15, 0.2) is 0 Å². The Labute approximate surface area is 249 Å². The fourth-order valence-electron chi connectivity index (χ4n) is 6.07. The molecule has 1 aliphatic carbocycles. The van der Waals surface area contributed by atoms with Crippen molar-refractivity contribution in [3.8, 4) is 12.1 Å². The van der Waals surface area contributed by atoms with E-state index in [2.05, 4.69) is 32.2 Å². The van der Waals surface area contributed by atoms with E-state index in [1.807, 2.05) is 11.9 Å². The molecule has 11 nitrogen and oxygen atoms in total. The Morgan fingerprint density at radius 3 is 2.56 bits per heavy atom. The van der Waals surface area contributed by atoms with Crippen LogP contribution in [0.15, 0.2) is 34.2 Å². The topological polar surface area (TPSA) is 133 Å². The average molecular weight is 587 g/mol. The maximum atomic E-state index is 13.9. The number of aryl methyl sites for hydroxylation is 2. The number of fused-ring (bicyclic) bond motifs is 1. The lowest BCUT2D eigenvalue weighted by molar-refractivity contribution is 0.0210. The van der Waals surface area contributed by atoms with Gasteiger partial charge in [-0.3, -0.25) is 9.69 Å². The summed E-state index contributed by atoms with van der Waals surface area (Å²) in [5, 5.41) is 24.0. The Hall–Kier alpha value is -4.39. The number of halogens is 1. The van der Waals surface area contributed by atoms with Gasteiger partial charge in [-0.25, -0.2) is 9.97 Å². The monoisotopic (exact) mass is 586 g/mol. The van der Waals surface area contributed by atoms with Crippen molar-refractivity contribution in [2.45, 2.75) is 38.6 Å². The van der Waals surface area contributed by atoms with Crippen LogP contribution in [0.4, 0.5) is 10.1 Å². The van der Waals surface area contributed by atoms with Crippen molar-refractivity contribution >= 4 is 22.4 Å². The van der Waals surface area contributed by atoms with Crippen LogP contribution in [0.3, 0.4) is 0 Å². The molecular weight excluding hydrogens is 551 g/mol. The van der Waals surface area contributed by atoms with Crippen LogP contribution in [0.1, 0.15) is 48.2 Å². The van der Waals surface area contributed by atoms with Crippen molar-refractivity contribution in [3.05, 3.63) is 63.1 Å². The zero-order valence-corrected chi connectivity index (χ0v) is 24.7. The van der Waals surface area contributed by atoms with Crippen molar-refractivity contribution in [1.29, 1.82) is 10.5 Å². The summed E-state index contributed by atoms with van der Waals surface area (Å²) in [5.74, 6) is -0.486. The number of anilines is 1. The fourth-order valence-corrected chi connectivity index (χ4v) is 6.07. The van der Waals surface area contributed by atoms with Crippen LogP contribution in [-0.4, -0.2) is 77.7 Å². The van der Waals surface area contributed by atoms with Crippen molar-refractivity contribution in [2.75, 3.05) is 51.4 Å². The number of morpholine rings is 1. The summed E-state index contributed by atoms with van der Waals surface area (Å²) in [6.45, 7) is 6.10. The third kappa shape index (κ3) is 6.36. The fraction of sp³-hybridized carbons (Fsp3) is 0.484. The number of hydrogen-bond donors (Lipinski definition) is 0. The minimum atomic E-state index is -0.540. The largest absolute Gasteiger partial charge is 0.394 e. The molecule has 4 heterocycles. The average Bonchev–Trinajstić information content (AvgIpc) is 3.03. The van der Waals surface area contributed by atoms with Gasteiger partial charge in [0.2, 0.25) is 5.95 Å². The van der Waals surface area contributed by atoms with Gasteiger partial charge in [0, 0.05) is 56.9 Å². The molecule has 0 spiro atoms. The SMILES string of the molecule is Cc1nc(F)ccc1/C(=N\OCCN1CCOCC1)C1CCC(N(C)c2c(C#N)c(=O)n(C)c3ccc(C#N)nc23)CC1. The molecule has 1 saturated carbocycles. The van der Waals surface area contributed by atoms with E-state index in [-0.39, 0.29) is 23.2 Å². The van der Waals surface area contributed by atoms with Crippen molar-refractivity contribution in [3.63, 3.8) is 0 Å². The van der Waals surface area contributed by atoms with Crippen LogP contribution in [-0.2, 0) is 16.6 Å². The number of pyridine rings is 3. The molecule has 0 radical (unpaired) electrons. The van der Waals surface area contributed by atoms with Crippen molar-refractivity contribution in [2.24, 2.45) is 18.1 Å². The summed E-state index contributed by atoms with van der Waals surface area (Å²) < 4.78 is 20.7. The zero-order chi connectivity index (χ0) is 30.5. The molecule has 12 heteroatoms. The lowest BCUT2D eigenvalue weighted by Gasteiger charge is -2.37. The number of nitrogens with zero attached hydrogens (tertiary/aromatic N) is 8. The summed E-state index contributed by atoms with van der Waals surface area (Å²) in [5.41, 5.74) is 3.34. The first-order chi connectivity index (χ1) is 20.8. The highest BCUT2D eigenvalue weighted by Gasteiger charge is 2.32. The van der Waals surface area contributed by atoms with Gasteiger partial charge in [0.05, 0.1) is 30.1 Å². The number of nitriles is 2. The molecule has 0 unspecified atom stereocenters. The van der Waals surface area contributed by atoms with E-state index in [0.717, 1.165) is 56.6 Å². The van der Waals surface area contributed by atoms with E-state index in [1.165, 1.54) is 10.6 Å². The van der Waals surface area contributed by atoms with Crippen LogP contribution in [0.25, 0.3) is 11.0 Å². The van der Waals surface area contributed by atoms with Crippen molar-refractivity contribution in [1.82, 2.24) is 19.4 Å². The predicted molar refractivity (Wildman–Crippen MR) is 159 cm³/mol. The number of hydrogen-bond acceptors (Lipinski definition) is 10. The molecule has 0 bridgehead atoms. The Bertz CT molecular complexity index is 1660. The number of aromatic nitrogens is 3. The summed E-state index contributed by atoms with van der Waals surface area (Å²) in [6.07, 6.45) is 3.03. The van der Waals surface area contributed by atoms with E-state index in [9.17, 15) is 19.7 Å². The van der Waals surface area contributed by atoms with Gasteiger partial charge in [0.25, 0.3) is 5.56 Å². The molecule has 3 aromatic rings. The molecule has 3 aromatic heterocycles. The first-order valence-electron chi connectivity index (χ1n) is 14.5. The van der Waals surface area contributed by atoms with Crippen LogP contribution in [0.5, 0.6) is 0 Å². The minimum absolute atomic E-state index is 0.00569. The van der Waals surface area contributed by atoms with Crippen molar-refractivity contribution < 1.29 is 14.0 Å². The van der Waals surface area contributed by atoms with Gasteiger partial charge in [-0.15, -0.1) is 0 Å². The first-order valence-corrected chi connectivity index (χ1v) is 14.5. The van der Waals surface area contributed by atoms with Crippen LogP contribution in [0, 0.1) is 41.5 Å². The highest BCUT2D eigenvalue weighted by atomic mass is 19.1. The molecule has 5 rings (SSSR count). The molecule has 0 atom stereocenters. The Kier molecular flexibility index (Phi) is 9.29. The molecule has 43 heavy (non-hydrogen) atoms. The van der Waals surface area contributed by atoms with Gasteiger partial charge < -0.3 is 19.0 Å². The van der Waals surface area contributed by atoms with Crippen LogP contribution in [0.2, 0.25) is 0 Å². The normalized spacial score (nSPS) is 19.5. The van der Waals surface area contributed by atoms with Gasteiger partial charge in [-0.1, -0.05) is 5.16 Å². The van der Waals surface area contributed by atoms with Gasteiger partial charge in [0.1, 0.15) is 35.5 Å². The summed E-state index contributed by atoms with van der Waals surface area (Å²) in [4.78, 5) is 31.7. The number of rotatable bonds is 8. The Morgan fingerprint density at radius 1 is 1.14 bits per heavy atom. The molecular formula is C31H35FN8O3. The van der Waals surface area contributed by atoms with Crippen LogP contribution < -0.4 is 10.5 Å². The quantitative estimate of drug-likeness (QED) is 0.169. The standard InChI is InChI=1S/C31H35FN8O3/c1-20-24(9-11-27(32)35-20)28(37-43-17-14-40-12-15-42-16-13-40)21-4-7-23(8-5-21)38(2)30-25(19-34)31(41)39(3)26-10-6-22(18-33)36-29(26)30/h6,9-11,21,23H,4-5,7-8,12-17H2,1-3H3/b37-28-. The smallest absolute Gasteiger partial charge is 0.270 e. The Balaban J connectivity index is 1.38. The molecule has 2 aliphatic rings. The predicted octanol–water partition coefficient (Wildman–Crippen LogP) is 3.27. The third-order valence-electron chi connectivity index (χ3n) is 8.52. The highest BCUT2D eigenvalue weighted by Crippen LogP contribution is 2.35. The van der Waals surface area contributed by atoms with E-state index < -0.39 is 11.5 Å². The maximum absolute atomic E-state index is 13.9. The zero-order valence-electron chi connectivity index (χ0n) is 24.7. The molecule has 1 saturated heterocycles. The molecule has 224 valence electrons. The highest BCUT2D eigenvalue weighted by molar-refractivity contribution is 6.02. The Morgan fingerprint density at radius 2 is 1.88 bits per heavy atom. The summed E-state index contributed by atoms with van der Waals surface area (Å²) >= 11 is 0. The molecule has 0 aromatic carbocycles. The van der Waals surface area contributed by atoms with Gasteiger partial charge in [-0.05, 0) is 56.9 Å². The lowest BCUT2D eigenvalue weighted by atomic mass is 9.80. The second-order valence-corrected chi connectivity index (χ2v) is 11.0. The van der Waals surface area contributed by atoms with E-state index in [4.69, 9.17) is 9.57 Å². The first kappa shape index (κ1) is 30.1. The molecule has 0 N–H and O–H groups in total. The molecule has 2 fully saturated rings. The lowest BCUT2D eigenvalue weighted by Crippen LogP contribution is -2.39. The van der Waals surface area contributed by atoms with E-state index in [1.54, 1.807) is 32.2 Å². The number of oxime groups is 1. The molecule has 0 amide bonds. The minimum Gasteiger partial charge on any atom is -0.394 e. The van der Waals surface area contributed by atoms with E-state index in [0.29, 0.717) is 42.2 Å². The maximum Gasteiger partial charge on any atom is 0.270 e. The van der Waals surface area contributed by atoms with E-state index >= 15 is 0 Å². The number of ether oxygens (including phenoxy) is 1. The van der Waals surface area contributed by atoms with Gasteiger partial charge >= 0.3 is 0 Å². The molecule has 1 aliphatic heterocycles. The summed E-state index contributed by atoms with van der Waals surface area (Å²) in [6, 6.07) is 10.5. The third-order valence-corrected chi connectivity index (χ3v) is 8.52. The second kappa shape index (κ2) is 13.3. The second-order valence-electron chi connectivity index (χ2n) is 11.0. The van der Waals surface area contributed by atoms with Gasteiger partial charge in [-0.2, -0.15) is 14.9 Å². The summed E-state index contributed by atoms with van der Waals surface area (Å²) in [7, 11) is 3.48. The van der Waals surface area contributed by atoms with Crippen LogP contribution >= 0.6 is 0 Å².